The largest absolute Gasteiger partial charge is 0.456 e. The van der Waals surface area contributed by atoms with Gasteiger partial charge in [0, 0.05) is 17.2 Å². The number of benzene rings is 3. The zero-order valence-corrected chi connectivity index (χ0v) is 17.8. The van der Waals surface area contributed by atoms with Crippen molar-refractivity contribution >= 4 is 45.5 Å². The van der Waals surface area contributed by atoms with E-state index >= 15 is 0 Å². The van der Waals surface area contributed by atoms with Crippen LogP contribution in [0.1, 0.15) is 19.7 Å². The molecule has 0 radical (unpaired) electrons. The van der Waals surface area contributed by atoms with E-state index in [9.17, 15) is 4.79 Å². The highest BCUT2D eigenvalue weighted by atomic mass is 35.5. The van der Waals surface area contributed by atoms with Gasteiger partial charge < -0.3 is 20.8 Å². The smallest absolute Gasteiger partial charge is 0.251 e. The van der Waals surface area contributed by atoms with E-state index in [0.29, 0.717) is 39.3 Å². The molecule has 3 aromatic carbocycles. The number of aromatic nitrogens is 2. The second-order valence-corrected chi connectivity index (χ2v) is 7.50. The molecule has 31 heavy (non-hydrogen) atoms. The Morgan fingerprint density at radius 1 is 1.06 bits per heavy atom. The molecule has 0 fully saturated rings. The summed E-state index contributed by atoms with van der Waals surface area (Å²) in [5, 5.41) is 3.16. The van der Waals surface area contributed by atoms with Gasteiger partial charge in [-0.1, -0.05) is 41.9 Å². The third-order valence-corrected chi connectivity index (χ3v) is 5.27. The van der Waals surface area contributed by atoms with Crippen molar-refractivity contribution in [2.45, 2.75) is 13.8 Å². The van der Waals surface area contributed by atoms with Crippen LogP contribution in [0.3, 0.4) is 0 Å². The minimum Gasteiger partial charge on any atom is -0.456 e. The molecule has 0 spiro atoms. The molecule has 1 heterocycles. The predicted octanol–water partition coefficient (Wildman–Crippen LogP) is 6.02. The number of halogens is 1. The van der Waals surface area contributed by atoms with Crippen molar-refractivity contribution in [2.24, 2.45) is 0 Å². The van der Waals surface area contributed by atoms with Crippen LogP contribution in [0.5, 0.6) is 11.5 Å². The molecule has 0 atom stereocenters. The second-order valence-electron chi connectivity index (χ2n) is 7.09. The van der Waals surface area contributed by atoms with Crippen molar-refractivity contribution in [1.82, 2.24) is 9.97 Å². The number of aromatic amines is 1. The highest BCUT2D eigenvalue weighted by Crippen LogP contribution is 2.36. The van der Waals surface area contributed by atoms with Crippen LogP contribution in [0.4, 0.5) is 11.4 Å². The van der Waals surface area contributed by atoms with E-state index in [-0.39, 0.29) is 5.91 Å². The molecule has 6 nitrogen and oxygen atoms in total. The summed E-state index contributed by atoms with van der Waals surface area (Å²) in [4.78, 5) is 20.6. The normalized spacial score (nSPS) is 11.8. The number of H-pyrrole nitrogens is 1. The topological polar surface area (TPSA) is 93.0 Å². The van der Waals surface area contributed by atoms with Gasteiger partial charge in [-0.05, 0) is 44.2 Å². The fraction of sp³-hybridized carbons (Fsp3) is 0.0833. The minimum atomic E-state index is -0.294. The summed E-state index contributed by atoms with van der Waals surface area (Å²) in [6.07, 6.45) is 0. The molecule has 4 N–H and O–H groups in total. The van der Waals surface area contributed by atoms with E-state index < -0.39 is 0 Å². The first-order valence-corrected chi connectivity index (χ1v) is 10.1. The standard InChI is InChI=1S/C24H21ClN4O2/c1-14(23-27-19-10-6-7-11-20(19)28-23)15(2)24(30)29-21-12-17(25)22(13-18(21)26)31-16-8-4-3-5-9-16/h3-13H,26H2,1-2H3,(H,27,28)(H,29,30)/b15-14-. The molecule has 0 saturated heterocycles. The summed E-state index contributed by atoms with van der Waals surface area (Å²) < 4.78 is 5.78. The number of carbonyl (C=O) groups excluding carboxylic acids is 1. The third kappa shape index (κ3) is 4.39. The zero-order chi connectivity index (χ0) is 22.0. The molecule has 1 aromatic heterocycles. The van der Waals surface area contributed by atoms with E-state index in [4.69, 9.17) is 22.1 Å². The van der Waals surface area contributed by atoms with Gasteiger partial charge in [-0.25, -0.2) is 4.98 Å². The van der Waals surface area contributed by atoms with E-state index in [2.05, 4.69) is 15.3 Å². The number of nitrogens with two attached hydrogens (primary N) is 1. The summed E-state index contributed by atoms with van der Waals surface area (Å²) in [6.45, 7) is 3.59. The molecule has 1 amide bonds. The lowest BCUT2D eigenvalue weighted by atomic mass is 10.1. The molecule has 0 aliphatic heterocycles. The summed E-state index contributed by atoms with van der Waals surface area (Å²) >= 11 is 6.36. The molecule has 156 valence electrons. The maximum atomic E-state index is 12.8. The number of anilines is 2. The average Bonchev–Trinajstić information content (AvgIpc) is 3.21. The van der Waals surface area contributed by atoms with Crippen molar-refractivity contribution in [3.05, 3.63) is 83.2 Å². The summed E-state index contributed by atoms with van der Waals surface area (Å²) in [5.74, 6) is 1.40. The number of imidazole rings is 1. The third-order valence-electron chi connectivity index (χ3n) is 4.97. The van der Waals surface area contributed by atoms with E-state index in [1.165, 1.54) is 0 Å². The second kappa shape index (κ2) is 8.53. The molecule has 0 unspecified atom stereocenters. The van der Waals surface area contributed by atoms with Crippen LogP contribution in [-0.2, 0) is 4.79 Å². The molecule has 0 saturated carbocycles. The van der Waals surface area contributed by atoms with Crippen LogP contribution in [-0.4, -0.2) is 15.9 Å². The lowest BCUT2D eigenvalue weighted by Crippen LogP contribution is -2.15. The SMILES string of the molecule is C/C(C(=O)Nc1cc(Cl)c(Oc2ccccc2)cc1N)=C(\C)c1nc2ccccc2[nH]1. The fourth-order valence-electron chi connectivity index (χ4n) is 3.07. The molecule has 0 bridgehead atoms. The maximum absolute atomic E-state index is 12.8. The number of allylic oxidation sites excluding steroid dienone is 1. The first-order valence-electron chi connectivity index (χ1n) is 9.68. The Kier molecular flexibility index (Phi) is 5.64. The Bertz CT molecular complexity index is 1260. The summed E-state index contributed by atoms with van der Waals surface area (Å²) in [5.41, 5.74) is 9.90. The highest BCUT2D eigenvalue weighted by Gasteiger charge is 2.15. The molecule has 0 aliphatic carbocycles. The van der Waals surface area contributed by atoms with Gasteiger partial charge in [0.1, 0.15) is 17.3 Å². The lowest BCUT2D eigenvalue weighted by Gasteiger charge is -2.13. The monoisotopic (exact) mass is 432 g/mol. The van der Waals surface area contributed by atoms with E-state index in [1.807, 2.05) is 61.5 Å². The highest BCUT2D eigenvalue weighted by molar-refractivity contribution is 6.32. The quantitative estimate of drug-likeness (QED) is 0.265. The number of nitrogen functional groups attached to an aromatic ring is 1. The number of ether oxygens (including phenoxy) is 1. The number of rotatable bonds is 5. The minimum absolute atomic E-state index is 0.294. The van der Waals surface area contributed by atoms with Gasteiger partial charge in [0.25, 0.3) is 5.91 Å². The van der Waals surface area contributed by atoms with Crippen molar-refractivity contribution in [1.29, 1.82) is 0 Å². The number of nitrogens with one attached hydrogen (secondary N) is 2. The molecular weight excluding hydrogens is 412 g/mol. The first-order chi connectivity index (χ1) is 14.9. The zero-order valence-electron chi connectivity index (χ0n) is 17.1. The molecular formula is C24H21ClN4O2. The molecule has 4 rings (SSSR count). The van der Waals surface area contributed by atoms with Crippen LogP contribution < -0.4 is 15.8 Å². The van der Waals surface area contributed by atoms with Crippen molar-refractivity contribution < 1.29 is 9.53 Å². The molecule has 7 heteroatoms. The Morgan fingerprint density at radius 3 is 2.52 bits per heavy atom. The van der Waals surface area contributed by atoms with Crippen molar-refractivity contribution in [3.8, 4) is 11.5 Å². The van der Waals surface area contributed by atoms with Gasteiger partial charge in [-0.15, -0.1) is 0 Å². The van der Waals surface area contributed by atoms with Gasteiger partial charge in [0.2, 0.25) is 0 Å². The van der Waals surface area contributed by atoms with Gasteiger partial charge >= 0.3 is 0 Å². The van der Waals surface area contributed by atoms with Crippen molar-refractivity contribution in [2.75, 3.05) is 11.1 Å². The van der Waals surface area contributed by atoms with Crippen LogP contribution in [0.2, 0.25) is 5.02 Å². The van der Waals surface area contributed by atoms with Gasteiger partial charge in [-0.3, -0.25) is 4.79 Å². The van der Waals surface area contributed by atoms with Crippen molar-refractivity contribution in [3.63, 3.8) is 0 Å². The lowest BCUT2D eigenvalue weighted by molar-refractivity contribution is -0.112. The number of nitrogens with zero attached hydrogens (tertiary/aromatic N) is 1. The molecule has 0 aliphatic rings. The van der Waals surface area contributed by atoms with Crippen LogP contribution >= 0.6 is 11.6 Å². The molecule has 4 aromatic rings. The maximum Gasteiger partial charge on any atom is 0.251 e. The van der Waals surface area contributed by atoms with Gasteiger partial charge in [-0.2, -0.15) is 0 Å². The summed E-state index contributed by atoms with van der Waals surface area (Å²) in [7, 11) is 0. The Balaban J connectivity index is 1.55. The number of para-hydroxylation sites is 3. The summed E-state index contributed by atoms with van der Waals surface area (Å²) in [6, 6.07) is 20.1. The number of carbonyl (C=O) groups is 1. The van der Waals surface area contributed by atoms with Crippen LogP contribution in [0.15, 0.2) is 72.3 Å². The van der Waals surface area contributed by atoms with E-state index in [0.717, 1.165) is 16.6 Å². The van der Waals surface area contributed by atoms with Gasteiger partial charge in [0.05, 0.1) is 27.4 Å². The van der Waals surface area contributed by atoms with Gasteiger partial charge in [0.15, 0.2) is 0 Å². The Labute approximate surface area is 184 Å². The van der Waals surface area contributed by atoms with E-state index in [1.54, 1.807) is 19.1 Å². The van der Waals surface area contributed by atoms with Crippen LogP contribution in [0.25, 0.3) is 16.6 Å². The fourth-order valence-corrected chi connectivity index (χ4v) is 3.27. The number of hydrogen-bond donors (Lipinski definition) is 3. The number of amides is 1. The number of fused-ring (bicyclic) bond motifs is 1. The average molecular weight is 433 g/mol. The Morgan fingerprint density at radius 2 is 1.77 bits per heavy atom. The first kappa shape index (κ1) is 20.5. The number of hydrogen-bond acceptors (Lipinski definition) is 4. The van der Waals surface area contributed by atoms with Crippen LogP contribution in [0, 0.1) is 0 Å². The predicted molar refractivity (Wildman–Crippen MR) is 125 cm³/mol. The Hall–Kier alpha value is -3.77.